The molecule has 4 aliphatic rings. The van der Waals surface area contributed by atoms with Gasteiger partial charge in [-0.3, -0.25) is 53.0 Å². The van der Waals surface area contributed by atoms with Crippen LogP contribution in [0.3, 0.4) is 0 Å². The van der Waals surface area contributed by atoms with Gasteiger partial charge in [0, 0.05) is 169 Å². The number of imide groups is 1. The van der Waals surface area contributed by atoms with Gasteiger partial charge in [-0.1, -0.05) is 46.8 Å². The Kier molecular flexibility index (Phi) is 52.5. The first-order valence-electron chi connectivity index (χ1n) is 43.0. The van der Waals surface area contributed by atoms with E-state index in [0.717, 1.165) is 31.1 Å². The topological polar surface area (TPSA) is 501 Å². The van der Waals surface area contributed by atoms with Gasteiger partial charge >= 0.3 is 30.0 Å². The molecule has 40 heteroatoms. The number of carbonyl (C=O) groups is 10. The van der Waals surface area contributed by atoms with Crippen LogP contribution < -0.4 is 20.3 Å². The van der Waals surface area contributed by atoms with Crippen LogP contribution in [0.4, 0.5) is 10.6 Å². The Labute approximate surface area is 734 Å². The number of methoxy groups -OCH3 is 4. The van der Waals surface area contributed by atoms with Gasteiger partial charge in [-0.05, 0) is 101 Å². The number of likely N-dealkylation sites (tertiary alicyclic amines) is 1. The van der Waals surface area contributed by atoms with E-state index in [1.165, 1.54) is 45.1 Å². The highest BCUT2D eigenvalue weighted by atomic mass is 32.2. The SMILES string of the molecule is CCC(=O)C1CCC(CN2C(=O)CC(SCCNC(=O)CCCC(=O)OCC(CC)OC(CO)OC)C2=O)CC1.CCC(CO)OC(CO)OC.CCC(CO)OC(COC(=O)CCCC(=O)NCCN1CCN(C(=O)Oc2cccc(-c3nc(N4CCOCC4)c4oc5ncccc5c4n3)c2)CC1)OC.CCC(CO)OC(COC(=O)CCCC(=O)O)OC. The van der Waals surface area contributed by atoms with Crippen molar-refractivity contribution in [2.45, 2.75) is 211 Å². The summed E-state index contributed by atoms with van der Waals surface area (Å²) in [6, 6.07) is 11.0. The number of amides is 5. The number of esters is 3. The first-order valence-corrected chi connectivity index (χ1v) is 44.1. The molecule has 0 radical (unpaired) electrons. The number of aliphatic carboxylic acids is 1. The Bertz CT molecular complexity index is 3820. The van der Waals surface area contributed by atoms with Crippen molar-refractivity contribution in [2.75, 3.05) is 171 Å². The Morgan fingerprint density at radius 3 is 1.64 bits per heavy atom. The Balaban J connectivity index is 0.000000343. The maximum absolute atomic E-state index is 13.2. The highest BCUT2D eigenvalue weighted by molar-refractivity contribution is 8.00. The number of nitrogens with one attached hydrogen (secondary N) is 2. The zero-order valence-corrected chi connectivity index (χ0v) is 74.5. The number of furan rings is 1. The molecule has 8 rings (SSSR count). The van der Waals surface area contributed by atoms with Crippen LogP contribution in [0.5, 0.6) is 5.75 Å². The molecule has 1 aliphatic carbocycles. The van der Waals surface area contributed by atoms with E-state index in [-0.39, 0.29) is 152 Å². The van der Waals surface area contributed by atoms with Crippen LogP contribution in [-0.4, -0.2) is 340 Å². The van der Waals surface area contributed by atoms with Crippen LogP contribution in [0.15, 0.2) is 47.0 Å². The lowest BCUT2D eigenvalue weighted by Gasteiger charge is -2.34. The smallest absolute Gasteiger partial charge is 0.415 e. The lowest BCUT2D eigenvalue weighted by molar-refractivity contribution is -0.194. The largest absolute Gasteiger partial charge is 0.481 e. The molecule has 8 N–H and O–H groups in total. The summed E-state index contributed by atoms with van der Waals surface area (Å²) in [5, 5.41) is 59.2. The van der Waals surface area contributed by atoms with E-state index >= 15 is 0 Å². The minimum atomic E-state index is -0.945. The summed E-state index contributed by atoms with van der Waals surface area (Å²) in [7, 11) is 5.71. The molecular formula is C85H133N9O30S. The number of nitrogens with zero attached hydrogens (tertiary/aromatic N) is 7. The first-order chi connectivity index (χ1) is 60.4. The third-order valence-electron chi connectivity index (χ3n) is 20.8. The number of hydrogen-bond acceptors (Lipinski definition) is 35. The van der Waals surface area contributed by atoms with E-state index in [9.17, 15) is 53.1 Å². The summed E-state index contributed by atoms with van der Waals surface area (Å²) in [5.41, 5.74) is 2.42. The van der Waals surface area contributed by atoms with Crippen LogP contribution in [0.2, 0.25) is 0 Å². The number of pyridine rings is 1. The molecular weight excluding hydrogens is 1660 g/mol. The third-order valence-corrected chi connectivity index (χ3v) is 22.0. The molecule has 1 saturated carbocycles. The molecule has 9 unspecified atom stereocenters. The summed E-state index contributed by atoms with van der Waals surface area (Å²) in [6.07, 6.45) is 5.01. The van der Waals surface area contributed by atoms with Crippen molar-refractivity contribution in [3.63, 3.8) is 0 Å². The minimum Gasteiger partial charge on any atom is -0.481 e. The minimum absolute atomic E-state index is 0.0412. The van der Waals surface area contributed by atoms with Crippen LogP contribution in [0, 0.1) is 11.8 Å². The molecule has 704 valence electrons. The van der Waals surface area contributed by atoms with Gasteiger partial charge in [0.1, 0.15) is 36.9 Å². The lowest BCUT2D eigenvalue weighted by atomic mass is 9.79. The molecule has 3 aromatic heterocycles. The predicted octanol–water partition coefficient (Wildman–Crippen LogP) is 5.49. The van der Waals surface area contributed by atoms with Crippen molar-refractivity contribution < 1.29 is 145 Å². The number of fused-ring (bicyclic) bond motifs is 3. The monoisotopic (exact) mass is 1790 g/mol. The third kappa shape index (κ3) is 39.5. The van der Waals surface area contributed by atoms with Crippen molar-refractivity contribution >= 4 is 99.2 Å². The van der Waals surface area contributed by atoms with Gasteiger partial charge in [-0.25, -0.2) is 19.7 Å². The quantitative estimate of drug-likeness (QED) is 0.00891. The number of piperazine rings is 1. The number of aliphatic hydroxyl groups is 5. The summed E-state index contributed by atoms with van der Waals surface area (Å²) in [4.78, 5) is 142. The number of aliphatic hydroxyl groups excluding tert-OH is 5. The number of carboxylic acid groups (broad SMARTS) is 1. The van der Waals surface area contributed by atoms with E-state index in [0.29, 0.717) is 175 Å². The molecule has 5 amide bonds. The van der Waals surface area contributed by atoms with Crippen molar-refractivity contribution in [2.24, 2.45) is 11.8 Å². The van der Waals surface area contributed by atoms with E-state index in [1.54, 1.807) is 23.2 Å². The predicted molar refractivity (Wildman–Crippen MR) is 455 cm³/mol. The molecule has 39 nitrogen and oxygen atoms in total. The van der Waals surface area contributed by atoms with E-state index in [1.807, 2.05) is 58.9 Å². The van der Waals surface area contributed by atoms with Crippen LogP contribution in [-0.2, 0) is 100.0 Å². The molecule has 0 spiro atoms. The Morgan fingerprint density at radius 2 is 1.12 bits per heavy atom. The molecule has 4 aromatic rings. The second kappa shape index (κ2) is 61.2. The van der Waals surface area contributed by atoms with Crippen molar-refractivity contribution in [1.82, 2.24) is 40.3 Å². The zero-order chi connectivity index (χ0) is 91.4. The highest BCUT2D eigenvalue weighted by Crippen LogP contribution is 2.37. The number of morpholine rings is 1. The summed E-state index contributed by atoms with van der Waals surface area (Å²) >= 11 is 1.38. The number of benzene rings is 1. The number of Topliss-reactive ketones (excluding diaryl/α,β-unsaturated/α-hetero) is 1. The average molecular weight is 1790 g/mol. The fourth-order valence-electron chi connectivity index (χ4n) is 13.2. The molecule has 6 heterocycles. The van der Waals surface area contributed by atoms with Gasteiger partial charge in [-0.2, -0.15) is 0 Å². The second-order valence-electron chi connectivity index (χ2n) is 29.7. The fourth-order valence-corrected chi connectivity index (χ4v) is 14.2. The number of thioether (sulfide) groups is 1. The standard InChI is InChI=1S/C38H49N7O10.C28H46N2O9S.C12H22O7.C7H16O4/c1-3-27(24-46)53-32(50-2)25-52-31(48)11-5-10-30(47)39-13-14-43-15-17-45(18-16-43)38(49)54-28-8-4-7-26(23-28)35-41-33-29-9-6-12-40-37(29)55-34(33)36(42-35)44-19-21-51-22-20-44;1-4-21(39-27(17-31)37-3)18-38-26(35)8-6-7-24(33)29-13-14-40-23-15-25(34)30(28(23)36)16-19-9-11-20(12-10-19)22(32)5-2;1-3-9(7-13)19-12(17-2)8-18-11(16)6-4-5-10(14)15;1-3-6(4-8)11-7(5-9)10-2/h4,6-9,12,23,27,32,46H,3,5,10-11,13-22,24-25H2,1-2H3,(H,39,47);19-21,23,27,31H,4-18H2,1-3H3,(H,29,33);9,12-13H,3-8H2,1-2H3,(H,14,15);6-9H,3-5H2,1-2H3. The van der Waals surface area contributed by atoms with E-state index in [2.05, 4.69) is 25.4 Å². The van der Waals surface area contributed by atoms with Gasteiger partial charge in [0.25, 0.3) is 0 Å². The number of ether oxygens (including phenoxy) is 13. The number of ketones is 1. The van der Waals surface area contributed by atoms with Crippen LogP contribution >= 0.6 is 11.8 Å². The summed E-state index contributed by atoms with van der Waals surface area (Å²) < 4.78 is 74.1. The molecule has 9 atom stereocenters. The van der Waals surface area contributed by atoms with E-state index < -0.39 is 72.6 Å². The van der Waals surface area contributed by atoms with Crippen molar-refractivity contribution in [3.8, 4) is 17.1 Å². The van der Waals surface area contributed by atoms with Gasteiger partial charge in [0.15, 0.2) is 42.4 Å². The van der Waals surface area contributed by atoms with Gasteiger partial charge < -0.3 is 117 Å². The number of hydrogen-bond donors (Lipinski definition) is 8. The van der Waals surface area contributed by atoms with Crippen molar-refractivity contribution in [1.29, 1.82) is 0 Å². The maximum atomic E-state index is 13.2. The summed E-state index contributed by atoms with van der Waals surface area (Å²) in [6.45, 7) is 15.0. The number of aromatic nitrogens is 3. The second-order valence-corrected chi connectivity index (χ2v) is 31.0. The molecule has 0 bridgehead atoms. The van der Waals surface area contributed by atoms with Gasteiger partial charge in [0.05, 0.1) is 81.3 Å². The number of carbonyl (C=O) groups excluding carboxylic acids is 9. The molecule has 3 aliphatic heterocycles. The summed E-state index contributed by atoms with van der Waals surface area (Å²) in [5.74, 6) is -0.252. The van der Waals surface area contributed by atoms with Crippen molar-refractivity contribution in [3.05, 3.63) is 42.6 Å². The van der Waals surface area contributed by atoms with E-state index in [4.69, 9.17) is 101 Å². The maximum Gasteiger partial charge on any atom is 0.415 e. The molecule has 1 aromatic carbocycles. The lowest BCUT2D eigenvalue weighted by Crippen LogP contribution is -2.51. The number of rotatable bonds is 53. The average Bonchev–Trinajstić information content (AvgIpc) is 1.59. The molecule has 4 fully saturated rings. The number of anilines is 1. The molecule has 3 saturated heterocycles. The number of carboxylic acids is 1. The Hall–Kier alpha value is -8.30. The zero-order valence-electron chi connectivity index (χ0n) is 73.7. The Morgan fingerprint density at radius 1 is 0.592 bits per heavy atom. The highest BCUT2D eigenvalue weighted by Gasteiger charge is 2.41. The normalized spacial score (nSPS) is 18.0. The first kappa shape index (κ1) is 107. The van der Waals surface area contributed by atoms with Gasteiger partial charge in [-0.15, -0.1) is 11.8 Å². The molecule has 125 heavy (non-hydrogen) atoms. The van der Waals surface area contributed by atoms with Gasteiger partial charge in [0.2, 0.25) is 29.3 Å². The van der Waals surface area contributed by atoms with Crippen LogP contribution in [0.25, 0.3) is 33.6 Å². The fraction of sp³-hybridized carbons (Fsp3) is 0.706. The van der Waals surface area contributed by atoms with Crippen LogP contribution in [0.1, 0.15) is 157 Å².